The van der Waals surface area contributed by atoms with Crippen molar-refractivity contribution in [2.24, 2.45) is 11.7 Å². The molecule has 0 fully saturated rings. The number of halogens is 1. The lowest BCUT2D eigenvalue weighted by Gasteiger charge is -2.24. The van der Waals surface area contributed by atoms with Crippen LogP contribution in [0.25, 0.3) is 0 Å². The maximum absolute atomic E-state index is 12.1. The Bertz CT molecular complexity index is 566. The third kappa shape index (κ3) is 2.13. The number of amides is 1. The summed E-state index contributed by atoms with van der Waals surface area (Å²) >= 11 is 6.48. The van der Waals surface area contributed by atoms with Crippen LogP contribution in [0.2, 0.25) is 5.02 Å². The van der Waals surface area contributed by atoms with E-state index >= 15 is 0 Å². The smallest absolute Gasteiger partial charge is 0.234 e. The van der Waals surface area contributed by atoms with Gasteiger partial charge in [0.05, 0.1) is 10.4 Å². The van der Waals surface area contributed by atoms with E-state index in [2.05, 4.69) is 19.2 Å². The third-order valence-electron chi connectivity index (χ3n) is 4.62. The maximum Gasteiger partial charge on any atom is 0.234 e. The standard InChI is InChI=1S/C16H23ClN2O/c1-6-8(2)13(18)10-7-11-14(9(3)12(10)17)19-15(20)16(11,4)5/h7-8,13H,6,18H2,1-5H3,(H,19,20). The highest BCUT2D eigenvalue weighted by Gasteiger charge is 2.40. The van der Waals surface area contributed by atoms with Crippen molar-refractivity contribution >= 4 is 23.2 Å². The van der Waals surface area contributed by atoms with Crippen LogP contribution in [0.3, 0.4) is 0 Å². The molecule has 1 amide bonds. The summed E-state index contributed by atoms with van der Waals surface area (Å²) < 4.78 is 0. The van der Waals surface area contributed by atoms with Crippen LogP contribution >= 0.6 is 11.6 Å². The minimum atomic E-state index is -0.533. The zero-order valence-corrected chi connectivity index (χ0v) is 13.6. The SMILES string of the molecule is CCC(C)C(N)c1cc2c(c(C)c1Cl)NC(=O)C2(C)C. The third-order valence-corrected chi connectivity index (χ3v) is 5.12. The normalized spacial score (nSPS) is 19.4. The zero-order valence-electron chi connectivity index (χ0n) is 12.8. The van der Waals surface area contributed by atoms with Crippen molar-refractivity contribution < 1.29 is 4.79 Å². The van der Waals surface area contributed by atoms with E-state index < -0.39 is 5.41 Å². The van der Waals surface area contributed by atoms with Crippen LogP contribution in [0.1, 0.15) is 56.8 Å². The summed E-state index contributed by atoms with van der Waals surface area (Å²) in [5.41, 5.74) is 9.52. The summed E-state index contributed by atoms with van der Waals surface area (Å²) in [6.45, 7) is 10.0. The van der Waals surface area contributed by atoms with Crippen molar-refractivity contribution in [1.82, 2.24) is 0 Å². The first kappa shape index (κ1) is 15.3. The average Bonchev–Trinajstić information content (AvgIpc) is 2.63. The molecule has 0 aromatic heterocycles. The van der Waals surface area contributed by atoms with Crippen LogP contribution in [-0.4, -0.2) is 5.91 Å². The average molecular weight is 295 g/mol. The first-order valence-corrected chi connectivity index (χ1v) is 7.50. The fourth-order valence-corrected chi connectivity index (χ4v) is 2.94. The molecule has 2 rings (SSSR count). The van der Waals surface area contributed by atoms with E-state index in [-0.39, 0.29) is 11.9 Å². The number of benzene rings is 1. The van der Waals surface area contributed by atoms with Gasteiger partial charge in [0.25, 0.3) is 0 Å². The van der Waals surface area contributed by atoms with Crippen LogP contribution in [0.5, 0.6) is 0 Å². The van der Waals surface area contributed by atoms with Gasteiger partial charge in [-0.2, -0.15) is 0 Å². The molecule has 1 aromatic rings. The number of fused-ring (bicyclic) bond motifs is 1. The number of carbonyl (C=O) groups excluding carboxylic acids is 1. The fourth-order valence-electron chi connectivity index (χ4n) is 2.67. The number of hydrogen-bond acceptors (Lipinski definition) is 2. The first-order valence-electron chi connectivity index (χ1n) is 7.12. The summed E-state index contributed by atoms with van der Waals surface area (Å²) in [4.78, 5) is 12.1. The Morgan fingerprint density at radius 3 is 2.60 bits per heavy atom. The van der Waals surface area contributed by atoms with E-state index in [0.29, 0.717) is 10.9 Å². The first-order chi connectivity index (χ1) is 9.21. The van der Waals surface area contributed by atoms with Crippen LogP contribution in [0.4, 0.5) is 5.69 Å². The summed E-state index contributed by atoms with van der Waals surface area (Å²) in [7, 11) is 0. The zero-order chi connectivity index (χ0) is 15.2. The van der Waals surface area contributed by atoms with E-state index in [1.807, 2.05) is 26.8 Å². The molecule has 110 valence electrons. The summed E-state index contributed by atoms with van der Waals surface area (Å²) in [6, 6.07) is 1.90. The lowest BCUT2D eigenvalue weighted by Crippen LogP contribution is -2.27. The second-order valence-corrected chi connectivity index (χ2v) is 6.70. The maximum atomic E-state index is 12.1. The largest absolute Gasteiger partial charge is 0.325 e. The molecular formula is C16H23ClN2O. The molecule has 0 bridgehead atoms. The number of nitrogens with one attached hydrogen (secondary N) is 1. The van der Waals surface area contributed by atoms with Gasteiger partial charge in [0, 0.05) is 11.7 Å². The van der Waals surface area contributed by atoms with Crippen LogP contribution in [0, 0.1) is 12.8 Å². The van der Waals surface area contributed by atoms with E-state index in [0.717, 1.165) is 28.8 Å². The van der Waals surface area contributed by atoms with Crippen LogP contribution < -0.4 is 11.1 Å². The minimum Gasteiger partial charge on any atom is -0.325 e. The van der Waals surface area contributed by atoms with Gasteiger partial charge in [-0.15, -0.1) is 0 Å². The van der Waals surface area contributed by atoms with Crippen LogP contribution in [-0.2, 0) is 10.2 Å². The highest BCUT2D eigenvalue weighted by atomic mass is 35.5. The molecule has 0 spiro atoms. The molecule has 3 N–H and O–H groups in total. The lowest BCUT2D eigenvalue weighted by atomic mass is 9.82. The topological polar surface area (TPSA) is 55.1 Å². The Labute approximate surface area is 125 Å². The Hall–Kier alpha value is -1.06. The van der Waals surface area contributed by atoms with Crippen molar-refractivity contribution in [3.8, 4) is 0 Å². The number of hydrogen-bond donors (Lipinski definition) is 2. The molecule has 1 aromatic carbocycles. The molecule has 2 atom stereocenters. The summed E-state index contributed by atoms with van der Waals surface area (Å²) in [5, 5.41) is 3.62. The second kappa shape index (κ2) is 5.05. The van der Waals surface area contributed by atoms with Crippen molar-refractivity contribution in [3.05, 3.63) is 27.8 Å². The van der Waals surface area contributed by atoms with E-state index in [1.54, 1.807) is 0 Å². The van der Waals surface area contributed by atoms with Gasteiger partial charge in [-0.05, 0) is 49.4 Å². The number of nitrogens with two attached hydrogens (primary N) is 1. The number of anilines is 1. The van der Waals surface area contributed by atoms with Gasteiger partial charge >= 0.3 is 0 Å². The summed E-state index contributed by atoms with van der Waals surface area (Å²) in [6.07, 6.45) is 0.994. The molecule has 1 aliphatic heterocycles. The Kier molecular flexibility index (Phi) is 3.87. The fraction of sp³-hybridized carbons (Fsp3) is 0.562. The highest BCUT2D eigenvalue weighted by molar-refractivity contribution is 6.33. The predicted molar refractivity (Wildman–Crippen MR) is 84.2 cm³/mol. The van der Waals surface area contributed by atoms with Gasteiger partial charge in [-0.3, -0.25) is 4.79 Å². The molecule has 0 saturated heterocycles. The van der Waals surface area contributed by atoms with Crippen molar-refractivity contribution in [3.63, 3.8) is 0 Å². The number of rotatable bonds is 3. The van der Waals surface area contributed by atoms with Gasteiger partial charge < -0.3 is 11.1 Å². The van der Waals surface area contributed by atoms with E-state index in [4.69, 9.17) is 17.3 Å². The van der Waals surface area contributed by atoms with Crippen LogP contribution in [0.15, 0.2) is 6.07 Å². The lowest BCUT2D eigenvalue weighted by molar-refractivity contribution is -0.119. The molecule has 4 heteroatoms. The van der Waals surface area contributed by atoms with Gasteiger partial charge in [-0.1, -0.05) is 31.9 Å². The van der Waals surface area contributed by atoms with Crippen molar-refractivity contribution in [1.29, 1.82) is 0 Å². The summed E-state index contributed by atoms with van der Waals surface area (Å²) in [5.74, 6) is 0.360. The highest BCUT2D eigenvalue weighted by Crippen LogP contribution is 2.44. The molecule has 0 saturated carbocycles. The minimum absolute atomic E-state index is 0.0147. The molecular weight excluding hydrogens is 272 g/mol. The predicted octanol–water partition coefficient (Wildman–Crippen LogP) is 3.92. The monoisotopic (exact) mass is 294 g/mol. The van der Waals surface area contributed by atoms with Crippen molar-refractivity contribution in [2.75, 3.05) is 5.32 Å². The van der Waals surface area contributed by atoms with E-state index in [1.165, 1.54) is 0 Å². The van der Waals surface area contributed by atoms with Gasteiger partial charge in [0.1, 0.15) is 0 Å². The van der Waals surface area contributed by atoms with Gasteiger partial charge in [0.2, 0.25) is 5.91 Å². The Morgan fingerprint density at radius 1 is 1.45 bits per heavy atom. The molecule has 20 heavy (non-hydrogen) atoms. The molecule has 0 radical (unpaired) electrons. The van der Waals surface area contributed by atoms with Crippen molar-refractivity contribution in [2.45, 2.75) is 52.5 Å². The quantitative estimate of drug-likeness (QED) is 0.887. The van der Waals surface area contributed by atoms with E-state index in [9.17, 15) is 4.79 Å². The molecule has 1 aliphatic rings. The second-order valence-electron chi connectivity index (χ2n) is 6.32. The Morgan fingerprint density at radius 2 is 2.05 bits per heavy atom. The molecule has 2 unspecified atom stereocenters. The Balaban J connectivity index is 2.62. The molecule has 0 aliphatic carbocycles. The number of carbonyl (C=O) groups is 1. The molecule has 1 heterocycles. The van der Waals surface area contributed by atoms with Gasteiger partial charge in [-0.25, -0.2) is 0 Å². The van der Waals surface area contributed by atoms with Gasteiger partial charge in [0.15, 0.2) is 0 Å². The molecule has 3 nitrogen and oxygen atoms in total.